The lowest BCUT2D eigenvalue weighted by atomic mass is 10.00. The molecule has 0 fully saturated rings. The van der Waals surface area contributed by atoms with Gasteiger partial charge in [0, 0.05) is 12.1 Å². The summed E-state index contributed by atoms with van der Waals surface area (Å²) < 4.78 is 0. The summed E-state index contributed by atoms with van der Waals surface area (Å²) in [6, 6.07) is 4.95. The van der Waals surface area contributed by atoms with E-state index in [0.29, 0.717) is 0 Å². The van der Waals surface area contributed by atoms with Crippen LogP contribution in [0.5, 0.6) is 0 Å². The Morgan fingerprint density at radius 2 is 2.00 bits per heavy atom. The van der Waals surface area contributed by atoms with Crippen LogP contribution in [0.1, 0.15) is 25.0 Å². The normalized spacial score (nSPS) is 9.82. The second-order valence-corrected chi connectivity index (χ2v) is 4.32. The molecule has 0 unspecified atom stereocenters. The Morgan fingerprint density at radius 3 is 2.32 bits per heavy atom. The number of nitro benzene ring substituents is 1. The SMILES string of the molecule is C=C/C(=C\C)Cc1ccc([N+](=O)[O-])cc1C.CCNC.CN. The molecule has 0 heterocycles. The van der Waals surface area contributed by atoms with Gasteiger partial charge >= 0.3 is 0 Å². The van der Waals surface area contributed by atoms with Crippen molar-refractivity contribution in [3.63, 3.8) is 0 Å². The molecule has 1 aromatic carbocycles. The molecule has 124 valence electrons. The van der Waals surface area contributed by atoms with Crippen LogP contribution in [0.15, 0.2) is 42.5 Å². The van der Waals surface area contributed by atoms with Crippen LogP contribution in [0.2, 0.25) is 0 Å². The molecule has 22 heavy (non-hydrogen) atoms. The van der Waals surface area contributed by atoms with Crippen molar-refractivity contribution in [1.82, 2.24) is 5.32 Å². The van der Waals surface area contributed by atoms with E-state index in [2.05, 4.69) is 24.6 Å². The summed E-state index contributed by atoms with van der Waals surface area (Å²) in [4.78, 5) is 10.2. The Bertz CT molecular complexity index is 481. The monoisotopic (exact) mass is 307 g/mol. The molecule has 0 amide bonds. The molecule has 0 aliphatic rings. The molecule has 0 saturated heterocycles. The van der Waals surface area contributed by atoms with Crippen molar-refractivity contribution >= 4 is 5.69 Å². The molecule has 3 N–H and O–H groups in total. The molecule has 0 aromatic heterocycles. The number of nitrogens with zero attached hydrogens (tertiary/aromatic N) is 1. The first-order chi connectivity index (χ1) is 10.5. The van der Waals surface area contributed by atoms with Gasteiger partial charge in [0.2, 0.25) is 0 Å². The lowest BCUT2D eigenvalue weighted by Gasteiger charge is -2.06. The Kier molecular flexibility index (Phi) is 14.2. The van der Waals surface area contributed by atoms with Crippen molar-refractivity contribution in [2.24, 2.45) is 5.73 Å². The first-order valence-electron chi connectivity index (χ1n) is 7.23. The molecule has 1 rings (SSSR count). The fraction of sp³-hybridized carbons (Fsp3) is 0.412. The number of nitrogens with one attached hydrogen (secondary N) is 1. The quantitative estimate of drug-likeness (QED) is 0.496. The standard InChI is InChI=1S/C13H15NO2.C3H9N.CH5N/c1-4-11(5-2)9-12-6-7-13(14(15)16)8-10(12)3;1-3-4-2;1-2/h4-8H,1,9H2,2-3H3;4H,3H2,1-2H3;2H2,1H3/b11-5+;;. The Balaban J connectivity index is 0. The highest BCUT2D eigenvalue weighted by Gasteiger charge is 2.08. The van der Waals surface area contributed by atoms with E-state index in [1.54, 1.807) is 24.3 Å². The minimum absolute atomic E-state index is 0.141. The minimum atomic E-state index is -0.374. The number of hydrogen-bond donors (Lipinski definition) is 2. The van der Waals surface area contributed by atoms with Crippen LogP contribution in [0.4, 0.5) is 5.69 Å². The molecule has 0 spiro atoms. The van der Waals surface area contributed by atoms with E-state index in [1.807, 2.05) is 27.0 Å². The van der Waals surface area contributed by atoms with Crippen molar-refractivity contribution in [2.45, 2.75) is 27.2 Å². The van der Waals surface area contributed by atoms with Gasteiger partial charge in [-0.15, -0.1) is 0 Å². The molecule has 0 radical (unpaired) electrons. The zero-order valence-electron chi connectivity index (χ0n) is 14.3. The highest BCUT2D eigenvalue weighted by atomic mass is 16.6. The summed E-state index contributed by atoms with van der Waals surface area (Å²) >= 11 is 0. The third-order valence-corrected chi connectivity index (χ3v) is 2.92. The summed E-state index contributed by atoms with van der Waals surface area (Å²) in [5, 5.41) is 13.5. The van der Waals surface area contributed by atoms with Gasteiger partial charge in [-0.2, -0.15) is 0 Å². The van der Waals surface area contributed by atoms with Crippen molar-refractivity contribution < 1.29 is 4.92 Å². The molecule has 5 heteroatoms. The van der Waals surface area contributed by atoms with Gasteiger partial charge in [-0.1, -0.05) is 31.7 Å². The Morgan fingerprint density at radius 1 is 1.45 bits per heavy atom. The zero-order chi connectivity index (χ0) is 17.5. The molecule has 0 aliphatic carbocycles. The lowest BCUT2D eigenvalue weighted by molar-refractivity contribution is -0.384. The predicted molar refractivity (Wildman–Crippen MR) is 95.2 cm³/mol. The number of allylic oxidation sites excluding steroid dienone is 3. The number of nitrogens with two attached hydrogens (primary N) is 1. The second kappa shape index (κ2) is 14.0. The zero-order valence-corrected chi connectivity index (χ0v) is 14.3. The molecule has 5 nitrogen and oxygen atoms in total. The number of aryl methyl sites for hydroxylation is 1. The van der Waals surface area contributed by atoms with Crippen molar-refractivity contribution in [1.29, 1.82) is 0 Å². The van der Waals surface area contributed by atoms with Gasteiger partial charge in [0.25, 0.3) is 5.69 Å². The summed E-state index contributed by atoms with van der Waals surface area (Å²) in [7, 11) is 3.43. The highest BCUT2D eigenvalue weighted by Crippen LogP contribution is 2.19. The maximum absolute atomic E-state index is 10.6. The van der Waals surface area contributed by atoms with E-state index in [1.165, 1.54) is 7.05 Å². The maximum atomic E-state index is 10.6. The van der Waals surface area contributed by atoms with Crippen LogP contribution in [-0.2, 0) is 6.42 Å². The van der Waals surface area contributed by atoms with Gasteiger partial charge in [-0.3, -0.25) is 10.1 Å². The van der Waals surface area contributed by atoms with E-state index in [9.17, 15) is 10.1 Å². The van der Waals surface area contributed by atoms with Gasteiger partial charge in [-0.05, 0) is 57.6 Å². The predicted octanol–water partition coefficient (Wildman–Crippen LogP) is 3.38. The largest absolute Gasteiger partial charge is 0.333 e. The van der Waals surface area contributed by atoms with E-state index >= 15 is 0 Å². The first-order valence-corrected chi connectivity index (χ1v) is 7.23. The summed E-state index contributed by atoms with van der Waals surface area (Å²) in [5.74, 6) is 0. The first kappa shape index (κ1) is 22.3. The number of rotatable bonds is 5. The Hall–Kier alpha value is -1.98. The van der Waals surface area contributed by atoms with E-state index in [4.69, 9.17) is 0 Å². The van der Waals surface area contributed by atoms with E-state index in [0.717, 1.165) is 29.7 Å². The summed E-state index contributed by atoms with van der Waals surface area (Å²) in [6.45, 7) is 10.7. The third kappa shape index (κ3) is 9.05. The highest BCUT2D eigenvalue weighted by molar-refractivity contribution is 5.41. The average Bonchev–Trinajstić information content (AvgIpc) is 2.55. The van der Waals surface area contributed by atoms with Crippen molar-refractivity contribution in [3.8, 4) is 0 Å². The molecule has 0 aliphatic heterocycles. The van der Waals surface area contributed by atoms with Gasteiger partial charge in [-0.25, -0.2) is 0 Å². The molecule has 0 bridgehead atoms. The summed E-state index contributed by atoms with van der Waals surface area (Å²) in [5.41, 5.74) is 7.80. The van der Waals surface area contributed by atoms with Gasteiger partial charge in [0.1, 0.15) is 0 Å². The maximum Gasteiger partial charge on any atom is 0.269 e. The molecular weight excluding hydrogens is 278 g/mol. The number of hydrogen-bond acceptors (Lipinski definition) is 4. The fourth-order valence-corrected chi connectivity index (χ4v) is 1.50. The smallest absolute Gasteiger partial charge is 0.269 e. The van der Waals surface area contributed by atoms with Crippen molar-refractivity contribution in [3.05, 3.63) is 63.7 Å². The van der Waals surface area contributed by atoms with Crippen LogP contribution in [0.25, 0.3) is 0 Å². The lowest BCUT2D eigenvalue weighted by Crippen LogP contribution is -2.01. The number of nitro groups is 1. The third-order valence-electron chi connectivity index (χ3n) is 2.92. The van der Waals surface area contributed by atoms with Gasteiger partial charge < -0.3 is 11.1 Å². The van der Waals surface area contributed by atoms with Gasteiger partial charge in [0.15, 0.2) is 0 Å². The van der Waals surface area contributed by atoms with Crippen LogP contribution in [0, 0.1) is 17.0 Å². The minimum Gasteiger partial charge on any atom is -0.333 e. The van der Waals surface area contributed by atoms with Crippen molar-refractivity contribution in [2.75, 3.05) is 20.6 Å². The summed E-state index contributed by atoms with van der Waals surface area (Å²) in [6.07, 6.45) is 4.57. The number of non-ortho nitro benzene ring substituents is 1. The average molecular weight is 307 g/mol. The van der Waals surface area contributed by atoms with Crippen LogP contribution in [0.3, 0.4) is 0 Å². The molecular formula is C17H29N3O2. The van der Waals surface area contributed by atoms with E-state index in [-0.39, 0.29) is 10.6 Å². The van der Waals surface area contributed by atoms with Gasteiger partial charge in [0.05, 0.1) is 4.92 Å². The number of benzene rings is 1. The Labute approximate surface area is 134 Å². The molecule has 1 aromatic rings. The second-order valence-electron chi connectivity index (χ2n) is 4.32. The topological polar surface area (TPSA) is 81.2 Å². The van der Waals surface area contributed by atoms with Crippen LogP contribution >= 0.6 is 0 Å². The van der Waals surface area contributed by atoms with Crippen LogP contribution < -0.4 is 11.1 Å². The molecule has 0 saturated carbocycles. The van der Waals surface area contributed by atoms with Crippen LogP contribution in [-0.4, -0.2) is 25.6 Å². The van der Waals surface area contributed by atoms with E-state index < -0.39 is 0 Å². The fourth-order valence-electron chi connectivity index (χ4n) is 1.50. The molecule has 0 atom stereocenters.